The molecule has 1 heterocycles. The Labute approximate surface area is 102 Å². The number of amides is 1. The first-order valence-electron chi connectivity index (χ1n) is 6.32. The zero-order valence-electron chi connectivity index (χ0n) is 10.1. The molecule has 0 spiro atoms. The van der Waals surface area contributed by atoms with Gasteiger partial charge in [-0.15, -0.1) is 0 Å². The van der Waals surface area contributed by atoms with E-state index in [1.54, 1.807) is 0 Å². The summed E-state index contributed by atoms with van der Waals surface area (Å²) in [5, 5.41) is 0. The molecule has 3 heteroatoms. The summed E-state index contributed by atoms with van der Waals surface area (Å²) in [5.74, 6) is 0.112. The Kier molecular flexibility index (Phi) is 2.26. The SMILES string of the molecule is CC1Cc2ccccc2N1C(=O)C1(N)CCC1. The molecule has 2 aliphatic rings. The van der Waals surface area contributed by atoms with E-state index in [1.165, 1.54) is 5.56 Å². The van der Waals surface area contributed by atoms with Crippen molar-refractivity contribution in [3.8, 4) is 0 Å². The van der Waals surface area contributed by atoms with Crippen molar-refractivity contribution in [1.82, 2.24) is 0 Å². The number of carbonyl (C=O) groups is 1. The first-order valence-corrected chi connectivity index (χ1v) is 6.32. The van der Waals surface area contributed by atoms with Gasteiger partial charge in [0.05, 0.1) is 5.54 Å². The average Bonchev–Trinajstić information content (AvgIpc) is 2.61. The molecule has 1 aliphatic heterocycles. The molecule has 17 heavy (non-hydrogen) atoms. The molecule has 0 aromatic heterocycles. The summed E-state index contributed by atoms with van der Waals surface area (Å²) in [7, 11) is 0. The molecule has 1 amide bonds. The Morgan fingerprint density at radius 1 is 1.41 bits per heavy atom. The van der Waals surface area contributed by atoms with Crippen molar-refractivity contribution >= 4 is 11.6 Å². The van der Waals surface area contributed by atoms with Gasteiger partial charge in [0.15, 0.2) is 0 Å². The Balaban J connectivity index is 1.95. The molecule has 1 saturated carbocycles. The molecule has 3 nitrogen and oxygen atoms in total. The highest BCUT2D eigenvalue weighted by Crippen LogP contribution is 2.38. The van der Waals surface area contributed by atoms with Crippen LogP contribution in [0.5, 0.6) is 0 Å². The van der Waals surface area contributed by atoms with Crippen LogP contribution in [0.3, 0.4) is 0 Å². The number of carbonyl (C=O) groups excluding carboxylic acids is 1. The number of para-hydroxylation sites is 1. The summed E-state index contributed by atoms with van der Waals surface area (Å²) < 4.78 is 0. The number of rotatable bonds is 1. The third kappa shape index (κ3) is 1.49. The fraction of sp³-hybridized carbons (Fsp3) is 0.500. The summed E-state index contributed by atoms with van der Waals surface area (Å²) in [4.78, 5) is 14.4. The van der Waals surface area contributed by atoms with Crippen LogP contribution in [-0.2, 0) is 11.2 Å². The first-order chi connectivity index (χ1) is 8.12. The topological polar surface area (TPSA) is 46.3 Å². The number of nitrogens with two attached hydrogens (primary N) is 1. The number of fused-ring (bicyclic) bond motifs is 1. The van der Waals surface area contributed by atoms with E-state index in [-0.39, 0.29) is 11.9 Å². The standard InChI is InChI=1S/C14H18N2O/c1-10-9-11-5-2-3-6-12(11)16(10)13(17)14(15)7-4-8-14/h2-3,5-6,10H,4,7-9,15H2,1H3. The Hall–Kier alpha value is -1.35. The van der Waals surface area contributed by atoms with E-state index in [0.717, 1.165) is 31.4 Å². The highest BCUT2D eigenvalue weighted by Gasteiger charge is 2.45. The fourth-order valence-electron chi connectivity index (χ4n) is 2.89. The minimum absolute atomic E-state index is 0.112. The highest BCUT2D eigenvalue weighted by atomic mass is 16.2. The van der Waals surface area contributed by atoms with Crippen molar-refractivity contribution in [3.63, 3.8) is 0 Å². The molecule has 1 aromatic rings. The van der Waals surface area contributed by atoms with Gasteiger partial charge in [-0.1, -0.05) is 18.2 Å². The van der Waals surface area contributed by atoms with Crippen LogP contribution in [-0.4, -0.2) is 17.5 Å². The molecule has 1 fully saturated rings. The zero-order valence-corrected chi connectivity index (χ0v) is 10.1. The normalized spacial score (nSPS) is 25.3. The molecular formula is C14H18N2O. The van der Waals surface area contributed by atoms with Crippen LogP contribution in [0.1, 0.15) is 31.7 Å². The van der Waals surface area contributed by atoms with Gasteiger partial charge in [-0.2, -0.15) is 0 Å². The predicted octanol–water partition coefficient (Wildman–Crippen LogP) is 1.85. The van der Waals surface area contributed by atoms with Crippen LogP contribution in [0.25, 0.3) is 0 Å². The lowest BCUT2D eigenvalue weighted by Gasteiger charge is -2.40. The second-order valence-electron chi connectivity index (χ2n) is 5.37. The summed E-state index contributed by atoms with van der Waals surface area (Å²) in [5.41, 5.74) is 7.88. The molecule has 1 aliphatic carbocycles. The van der Waals surface area contributed by atoms with E-state index in [2.05, 4.69) is 13.0 Å². The van der Waals surface area contributed by atoms with Gasteiger partial charge >= 0.3 is 0 Å². The maximum atomic E-state index is 12.5. The highest BCUT2D eigenvalue weighted by molar-refractivity contribution is 6.02. The fourth-order valence-corrected chi connectivity index (χ4v) is 2.89. The third-order valence-corrected chi connectivity index (χ3v) is 4.10. The van der Waals surface area contributed by atoms with E-state index in [0.29, 0.717) is 0 Å². The van der Waals surface area contributed by atoms with Gasteiger partial charge in [0, 0.05) is 11.7 Å². The number of hydrogen-bond donors (Lipinski definition) is 1. The average molecular weight is 230 g/mol. The molecule has 3 rings (SSSR count). The molecule has 1 atom stereocenters. The molecule has 1 unspecified atom stereocenters. The van der Waals surface area contributed by atoms with Crippen molar-refractivity contribution in [1.29, 1.82) is 0 Å². The molecule has 0 bridgehead atoms. The van der Waals surface area contributed by atoms with Crippen molar-refractivity contribution < 1.29 is 4.79 Å². The number of anilines is 1. The Morgan fingerprint density at radius 3 is 2.76 bits per heavy atom. The lowest BCUT2D eigenvalue weighted by Crippen LogP contribution is -2.60. The van der Waals surface area contributed by atoms with Crippen molar-refractivity contribution in [3.05, 3.63) is 29.8 Å². The Bertz CT molecular complexity index is 465. The van der Waals surface area contributed by atoms with Gasteiger partial charge in [-0.05, 0) is 44.2 Å². The molecule has 0 radical (unpaired) electrons. The largest absolute Gasteiger partial charge is 0.317 e. The van der Waals surface area contributed by atoms with E-state index in [4.69, 9.17) is 5.73 Å². The van der Waals surface area contributed by atoms with Crippen LogP contribution < -0.4 is 10.6 Å². The van der Waals surface area contributed by atoms with E-state index in [1.807, 2.05) is 23.1 Å². The van der Waals surface area contributed by atoms with Crippen molar-refractivity contribution in [2.45, 2.75) is 44.2 Å². The maximum absolute atomic E-state index is 12.5. The minimum Gasteiger partial charge on any atom is -0.317 e. The van der Waals surface area contributed by atoms with E-state index in [9.17, 15) is 4.79 Å². The van der Waals surface area contributed by atoms with Gasteiger partial charge in [0.2, 0.25) is 5.91 Å². The lowest BCUT2D eigenvalue weighted by molar-refractivity contribution is -0.126. The number of hydrogen-bond acceptors (Lipinski definition) is 2. The Morgan fingerprint density at radius 2 is 2.12 bits per heavy atom. The van der Waals surface area contributed by atoms with Gasteiger partial charge in [-0.3, -0.25) is 4.79 Å². The monoisotopic (exact) mass is 230 g/mol. The third-order valence-electron chi connectivity index (χ3n) is 4.10. The minimum atomic E-state index is -0.592. The summed E-state index contributed by atoms with van der Waals surface area (Å²) in [6.07, 6.45) is 3.68. The van der Waals surface area contributed by atoms with Crippen LogP contribution in [0.4, 0.5) is 5.69 Å². The zero-order chi connectivity index (χ0) is 12.0. The van der Waals surface area contributed by atoms with Gasteiger partial charge in [0.1, 0.15) is 0 Å². The van der Waals surface area contributed by atoms with Crippen LogP contribution in [0, 0.1) is 0 Å². The maximum Gasteiger partial charge on any atom is 0.247 e. The number of nitrogens with zero attached hydrogens (tertiary/aromatic N) is 1. The summed E-state index contributed by atoms with van der Waals surface area (Å²) in [6, 6.07) is 8.38. The van der Waals surface area contributed by atoms with Crippen LogP contribution in [0.15, 0.2) is 24.3 Å². The van der Waals surface area contributed by atoms with E-state index >= 15 is 0 Å². The smallest absolute Gasteiger partial charge is 0.247 e. The second kappa shape index (κ2) is 3.57. The van der Waals surface area contributed by atoms with Gasteiger partial charge < -0.3 is 10.6 Å². The number of benzene rings is 1. The predicted molar refractivity (Wildman–Crippen MR) is 67.9 cm³/mol. The van der Waals surface area contributed by atoms with Gasteiger partial charge in [-0.25, -0.2) is 0 Å². The lowest BCUT2D eigenvalue weighted by atomic mass is 9.76. The molecule has 90 valence electrons. The van der Waals surface area contributed by atoms with Crippen molar-refractivity contribution in [2.75, 3.05) is 4.90 Å². The van der Waals surface area contributed by atoms with Crippen LogP contribution >= 0.6 is 0 Å². The molecule has 2 N–H and O–H groups in total. The van der Waals surface area contributed by atoms with Gasteiger partial charge in [0.25, 0.3) is 0 Å². The second-order valence-corrected chi connectivity index (χ2v) is 5.37. The molecule has 0 saturated heterocycles. The summed E-state index contributed by atoms with van der Waals surface area (Å²) in [6.45, 7) is 2.10. The summed E-state index contributed by atoms with van der Waals surface area (Å²) >= 11 is 0. The van der Waals surface area contributed by atoms with Crippen molar-refractivity contribution in [2.24, 2.45) is 5.73 Å². The van der Waals surface area contributed by atoms with E-state index < -0.39 is 5.54 Å². The molecular weight excluding hydrogens is 212 g/mol. The first kappa shape index (κ1) is 10.8. The van der Waals surface area contributed by atoms with Crippen LogP contribution in [0.2, 0.25) is 0 Å². The quantitative estimate of drug-likeness (QED) is 0.800. The molecule has 1 aromatic carbocycles.